The van der Waals surface area contributed by atoms with E-state index in [1.807, 2.05) is 13.8 Å². The molecule has 0 radical (unpaired) electrons. The number of ether oxygens (including phenoxy) is 1. The molecular formula is C17H36N2O2. The fraction of sp³-hybridized carbons (Fsp3) is 0.941. The summed E-state index contributed by atoms with van der Waals surface area (Å²) in [6.07, 6.45) is 11.0. The number of hydrogen-bond donors (Lipinski definition) is 2. The van der Waals surface area contributed by atoms with E-state index in [1.54, 1.807) is 0 Å². The average molecular weight is 300 g/mol. The van der Waals surface area contributed by atoms with Gasteiger partial charge in [-0.1, -0.05) is 72.1 Å². The van der Waals surface area contributed by atoms with Gasteiger partial charge in [0.2, 0.25) is 0 Å². The zero-order valence-electron chi connectivity index (χ0n) is 14.3. The third kappa shape index (κ3) is 10.7. The summed E-state index contributed by atoms with van der Waals surface area (Å²) in [6, 6.07) is 0. The van der Waals surface area contributed by atoms with E-state index in [2.05, 4.69) is 6.92 Å². The van der Waals surface area contributed by atoms with Crippen LogP contribution in [0.25, 0.3) is 0 Å². The maximum Gasteiger partial charge on any atom is 0.307 e. The van der Waals surface area contributed by atoms with Gasteiger partial charge in [0.1, 0.15) is 0 Å². The molecule has 0 saturated heterocycles. The van der Waals surface area contributed by atoms with Crippen LogP contribution in [0.15, 0.2) is 0 Å². The van der Waals surface area contributed by atoms with Crippen molar-refractivity contribution in [1.82, 2.24) is 0 Å². The predicted octanol–water partition coefficient (Wildman–Crippen LogP) is 3.72. The molecule has 0 aromatic rings. The molecule has 0 aromatic carbocycles. The van der Waals surface area contributed by atoms with Crippen LogP contribution in [-0.4, -0.2) is 18.7 Å². The fourth-order valence-electron chi connectivity index (χ4n) is 2.06. The summed E-state index contributed by atoms with van der Waals surface area (Å²) >= 11 is 0. The Morgan fingerprint density at radius 3 is 1.95 bits per heavy atom. The van der Waals surface area contributed by atoms with Gasteiger partial charge in [-0.3, -0.25) is 10.5 Å². The summed E-state index contributed by atoms with van der Waals surface area (Å²) in [7, 11) is 0. The number of hydrogen-bond acceptors (Lipinski definition) is 4. The number of nitrogens with two attached hydrogens (primary N) is 2. The van der Waals surface area contributed by atoms with E-state index >= 15 is 0 Å². The Balaban J connectivity index is 3.50. The van der Waals surface area contributed by atoms with Gasteiger partial charge in [-0.15, -0.1) is 0 Å². The molecule has 21 heavy (non-hydrogen) atoms. The molecule has 4 N–H and O–H groups in total. The molecule has 0 spiro atoms. The SMILES string of the molecule is CCCCCCCCCCCC(=O)OC(N)C(C)(C)CN. The van der Waals surface area contributed by atoms with Crippen LogP contribution in [0.2, 0.25) is 0 Å². The molecule has 1 unspecified atom stereocenters. The number of rotatable bonds is 13. The van der Waals surface area contributed by atoms with Gasteiger partial charge < -0.3 is 10.5 Å². The first-order valence-corrected chi connectivity index (χ1v) is 8.59. The van der Waals surface area contributed by atoms with E-state index in [-0.39, 0.29) is 11.4 Å². The summed E-state index contributed by atoms with van der Waals surface area (Å²) in [5.41, 5.74) is 11.1. The molecular weight excluding hydrogens is 264 g/mol. The van der Waals surface area contributed by atoms with Gasteiger partial charge in [-0.25, -0.2) is 0 Å². The molecule has 126 valence electrons. The van der Waals surface area contributed by atoms with Crippen molar-refractivity contribution >= 4 is 5.97 Å². The molecule has 0 aromatic heterocycles. The van der Waals surface area contributed by atoms with E-state index in [1.165, 1.54) is 44.9 Å². The van der Waals surface area contributed by atoms with Crippen LogP contribution >= 0.6 is 0 Å². The van der Waals surface area contributed by atoms with Gasteiger partial charge in [0.15, 0.2) is 6.23 Å². The summed E-state index contributed by atoms with van der Waals surface area (Å²) in [5.74, 6) is -0.202. The second kappa shape index (κ2) is 12.0. The van der Waals surface area contributed by atoms with E-state index in [9.17, 15) is 4.79 Å². The van der Waals surface area contributed by atoms with Gasteiger partial charge >= 0.3 is 5.97 Å². The topological polar surface area (TPSA) is 78.3 Å². The second-order valence-electron chi connectivity index (χ2n) is 6.68. The van der Waals surface area contributed by atoms with E-state index in [4.69, 9.17) is 16.2 Å². The van der Waals surface area contributed by atoms with Crippen molar-refractivity contribution in [2.75, 3.05) is 6.54 Å². The zero-order valence-corrected chi connectivity index (χ0v) is 14.3. The predicted molar refractivity (Wildman–Crippen MR) is 88.7 cm³/mol. The van der Waals surface area contributed by atoms with Crippen LogP contribution in [0.3, 0.4) is 0 Å². The number of carbonyl (C=O) groups excluding carboxylic acids is 1. The first-order chi connectivity index (χ1) is 9.94. The van der Waals surface area contributed by atoms with Gasteiger partial charge in [-0.05, 0) is 6.42 Å². The van der Waals surface area contributed by atoms with Gasteiger partial charge in [0, 0.05) is 18.4 Å². The number of carbonyl (C=O) groups is 1. The van der Waals surface area contributed by atoms with E-state index < -0.39 is 6.23 Å². The Labute approximate surface area is 131 Å². The highest BCUT2D eigenvalue weighted by atomic mass is 16.6. The van der Waals surface area contributed by atoms with E-state index in [0.29, 0.717) is 13.0 Å². The minimum absolute atomic E-state index is 0.202. The number of unbranched alkanes of at least 4 members (excludes halogenated alkanes) is 8. The fourth-order valence-corrected chi connectivity index (χ4v) is 2.06. The van der Waals surface area contributed by atoms with Crippen molar-refractivity contribution in [3.05, 3.63) is 0 Å². The van der Waals surface area contributed by atoms with Crippen molar-refractivity contribution < 1.29 is 9.53 Å². The third-order valence-electron chi connectivity index (χ3n) is 4.04. The van der Waals surface area contributed by atoms with Crippen molar-refractivity contribution in [2.45, 2.75) is 91.2 Å². The minimum atomic E-state index is -0.617. The van der Waals surface area contributed by atoms with Crippen molar-refractivity contribution in [3.8, 4) is 0 Å². The first kappa shape index (κ1) is 20.4. The second-order valence-corrected chi connectivity index (χ2v) is 6.68. The Kier molecular flexibility index (Phi) is 11.6. The third-order valence-corrected chi connectivity index (χ3v) is 4.04. The van der Waals surface area contributed by atoms with Crippen molar-refractivity contribution in [2.24, 2.45) is 16.9 Å². The molecule has 0 heterocycles. The smallest absolute Gasteiger partial charge is 0.307 e. The summed E-state index contributed by atoms with van der Waals surface area (Å²) in [6.45, 7) is 6.45. The minimum Gasteiger partial charge on any atom is -0.446 e. The molecule has 0 rings (SSSR count). The first-order valence-electron chi connectivity index (χ1n) is 8.59. The van der Waals surface area contributed by atoms with Gasteiger partial charge in [-0.2, -0.15) is 0 Å². The molecule has 0 aliphatic carbocycles. The van der Waals surface area contributed by atoms with Crippen LogP contribution in [0.5, 0.6) is 0 Å². The quantitative estimate of drug-likeness (QED) is 0.309. The number of esters is 1. The lowest BCUT2D eigenvalue weighted by molar-refractivity contribution is -0.154. The molecule has 4 heteroatoms. The Morgan fingerprint density at radius 1 is 1.00 bits per heavy atom. The molecule has 0 amide bonds. The monoisotopic (exact) mass is 300 g/mol. The molecule has 1 atom stereocenters. The molecule has 0 aliphatic rings. The highest BCUT2D eigenvalue weighted by Crippen LogP contribution is 2.18. The normalized spacial score (nSPS) is 13.2. The van der Waals surface area contributed by atoms with Crippen LogP contribution in [0, 0.1) is 5.41 Å². The largest absolute Gasteiger partial charge is 0.446 e. The van der Waals surface area contributed by atoms with E-state index in [0.717, 1.165) is 12.8 Å². The average Bonchev–Trinajstić information content (AvgIpc) is 2.45. The van der Waals surface area contributed by atoms with Crippen LogP contribution in [0.1, 0.15) is 85.0 Å². The Hall–Kier alpha value is -0.610. The van der Waals surface area contributed by atoms with Crippen LogP contribution < -0.4 is 11.5 Å². The maximum absolute atomic E-state index is 11.7. The highest BCUT2D eigenvalue weighted by molar-refractivity contribution is 5.69. The van der Waals surface area contributed by atoms with Crippen molar-refractivity contribution in [3.63, 3.8) is 0 Å². The summed E-state index contributed by atoms with van der Waals surface area (Å²) in [5, 5.41) is 0. The van der Waals surface area contributed by atoms with Gasteiger partial charge in [0.05, 0.1) is 0 Å². The van der Waals surface area contributed by atoms with Gasteiger partial charge in [0.25, 0.3) is 0 Å². The van der Waals surface area contributed by atoms with Crippen LogP contribution in [0.4, 0.5) is 0 Å². The Morgan fingerprint density at radius 2 is 1.48 bits per heavy atom. The molecule has 0 saturated carbocycles. The maximum atomic E-state index is 11.7. The lowest BCUT2D eigenvalue weighted by atomic mass is 9.92. The molecule has 0 bridgehead atoms. The lowest BCUT2D eigenvalue weighted by Gasteiger charge is -2.29. The van der Waals surface area contributed by atoms with Crippen LogP contribution in [-0.2, 0) is 9.53 Å². The molecule has 0 fully saturated rings. The highest BCUT2D eigenvalue weighted by Gasteiger charge is 2.27. The molecule has 4 nitrogen and oxygen atoms in total. The summed E-state index contributed by atoms with van der Waals surface area (Å²) < 4.78 is 5.24. The summed E-state index contributed by atoms with van der Waals surface area (Å²) in [4.78, 5) is 11.7. The van der Waals surface area contributed by atoms with Crippen molar-refractivity contribution in [1.29, 1.82) is 0 Å². The molecule has 0 aliphatic heterocycles. The standard InChI is InChI=1S/C17H36N2O2/c1-4-5-6-7-8-9-10-11-12-13-15(20)21-16(19)17(2,3)14-18/h16H,4-14,18-19H2,1-3H3. The Bertz CT molecular complexity index is 268. The lowest BCUT2D eigenvalue weighted by Crippen LogP contribution is -2.45. The zero-order chi connectivity index (χ0) is 16.1.